The molecule has 1 aliphatic rings. The zero-order chi connectivity index (χ0) is 12.1. The minimum absolute atomic E-state index is 0.647. The van der Waals surface area contributed by atoms with Gasteiger partial charge in [-0.2, -0.15) is 4.37 Å². The number of hydrogen-bond donors (Lipinski definition) is 1. The first-order chi connectivity index (χ1) is 8.35. The standard InChI is InChI=1S/C12H22N4S/c1-3-11-14-12(17-15-11)16-9-5-4-6-10(16)7-8-13-2/h10,13H,3-9H2,1-2H3. The predicted molar refractivity (Wildman–Crippen MR) is 72.8 cm³/mol. The van der Waals surface area contributed by atoms with Crippen LogP contribution in [0.15, 0.2) is 0 Å². The van der Waals surface area contributed by atoms with Gasteiger partial charge in [0.05, 0.1) is 0 Å². The van der Waals surface area contributed by atoms with Crippen LogP contribution in [0.4, 0.5) is 5.13 Å². The summed E-state index contributed by atoms with van der Waals surface area (Å²) >= 11 is 1.56. The summed E-state index contributed by atoms with van der Waals surface area (Å²) in [6.07, 6.45) is 6.08. The molecule has 0 aliphatic carbocycles. The lowest BCUT2D eigenvalue weighted by molar-refractivity contribution is 0.433. The predicted octanol–water partition coefficient (Wildman–Crippen LogP) is 2.07. The number of anilines is 1. The van der Waals surface area contributed by atoms with Crippen LogP contribution >= 0.6 is 11.5 Å². The third-order valence-electron chi connectivity index (χ3n) is 3.37. The highest BCUT2D eigenvalue weighted by atomic mass is 32.1. The molecule has 1 unspecified atom stereocenters. The number of piperidine rings is 1. The minimum atomic E-state index is 0.647. The highest BCUT2D eigenvalue weighted by molar-refractivity contribution is 7.09. The quantitative estimate of drug-likeness (QED) is 0.873. The van der Waals surface area contributed by atoms with E-state index in [1.165, 1.54) is 25.7 Å². The number of nitrogens with one attached hydrogen (secondary N) is 1. The van der Waals surface area contributed by atoms with Crippen molar-refractivity contribution in [3.05, 3.63) is 5.82 Å². The van der Waals surface area contributed by atoms with Crippen molar-refractivity contribution in [3.63, 3.8) is 0 Å². The minimum Gasteiger partial charge on any atom is -0.344 e. The highest BCUT2D eigenvalue weighted by Gasteiger charge is 2.24. The van der Waals surface area contributed by atoms with Crippen molar-refractivity contribution in [2.45, 2.75) is 45.1 Å². The Morgan fingerprint density at radius 2 is 2.35 bits per heavy atom. The Labute approximate surface area is 108 Å². The van der Waals surface area contributed by atoms with E-state index in [4.69, 9.17) is 0 Å². The van der Waals surface area contributed by atoms with Gasteiger partial charge < -0.3 is 10.2 Å². The van der Waals surface area contributed by atoms with Crippen molar-refractivity contribution in [2.75, 3.05) is 25.0 Å². The lowest BCUT2D eigenvalue weighted by Crippen LogP contribution is -2.41. The fourth-order valence-electron chi connectivity index (χ4n) is 2.37. The summed E-state index contributed by atoms with van der Waals surface area (Å²) in [6.45, 7) is 4.34. The van der Waals surface area contributed by atoms with E-state index >= 15 is 0 Å². The average molecular weight is 254 g/mol. The molecule has 17 heavy (non-hydrogen) atoms. The average Bonchev–Trinajstić information content (AvgIpc) is 2.85. The molecule has 0 radical (unpaired) electrons. The van der Waals surface area contributed by atoms with E-state index in [0.29, 0.717) is 6.04 Å². The molecule has 4 nitrogen and oxygen atoms in total. The largest absolute Gasteiger partial charge is 0.344 e. The van der Waals surface area contributed by atoms with Crippen LogP contribution in [0.5, 0.6) is 0 Å². The molecular weight excluding hydrogens is 232 g/mol. The van der Waals surface area contributed by atoms with Crippen LogP contribution in [0.25, 0.3) is 0 Å². The molecule has 0 amide bonds. The fourth-order valence-corrected chi connectivity index (χ4v) is 3.22. The first-order valence-electron chi connectivity index (χ1n) is 6.59. The van der Waals surface area contributed by atoms with E-state index < -0.39 is 0 Å². The van der Waals surface area contributed by atoms with Crippen molar-refractivity contribution < 1.29 is 0 Å². The molecule has 1 saturated heterocycles. The summed E-state index contributed by atoms with van der Waals surface area (Å²) in [6, 6.07) is 0.647. The monoisotopic (exact) mass is 254 g/mol. The van der Waals surface area contributed by atoms with Gasteiger partial charge in [0.1, 0.15) is 5.82 Å². The Morgan fingerprint density at radius 3 is 3.06 bits per heavy atom. The topological polar surface area (TPSA) is 41.1 Å². The second-order valence-corrected chi connectivity index (χ2v) is 5.31. The molecule has 1 aliphatic heterocycles. The summed E-state index contributed by atoms with van der Waals surface area (Å²) in [5.74, 6) is 0.989. The Bertz CT molecular complexity index is 339. The molecule has 1 N–H and O–H groups in total. The van der Waals surface area contributed by atoms with Gasteiger partial charge in [-0.1, -0.05) is 6.92 Å². The van der Waals surface area contributed by atoms with Crippen molar-refractivity contribution in [1.29, 1.82) is 0 Å². The normalized spacial score (nSPS) is 20.8. The lowest BCUT2D eigenvalue weighted by Gasteiger charge is -2.35. The lowest BCUT2D eigenvalue weighted by atomic mass is 10.00. The first kappa shape index (κ1) is 12.8. The Hall–Kier alpha value is -0.680. The third-order valence-corrected chi connectivity index (χ3v) is 4.17. The maximum atomic E-state index is 4.62. The number of nitrogens with zero attached hydrogens (tertiary/aromatic N) is 3. The van der Waals surface area contributed by atoms with Gasteiger partial charge in [0, 0.05) is 30.5 Å². The van der Waals surface area contributed by atoms with Gasteiger partial charge in [0.2, 0.25) is 5.13 Å². The first-order valence-corrected chi connectivity index (χ1v) is 7.36. The van der Waals surface area contributed by atoms with Crippen LogP contribution in [-0.2, 0) is 6.42 Å². The number of rotatable bonds is 5. The summed E-state index contributed by atoms with van der Waals surface area (Å²) in [7, 11) is 2.02. The van der Waals surface area contributed by atoms with Crippen molar-refractivity contribution in [1.82, 2.24) is 14.7 Å². The van der Waals surface area contributed by atoms with E-state index in [1.54, 1.807) is 11.5 Å². The maximum Gasteiger partial charge on any atom is 0.205 e. The van der Waals surface area contributed by atoms with Crippen LogP contribution in [-0.4, -0.2) is 35.5 Å². The van der Waals surface area contributed by atoms with E-state index in [0.717, 1.165) is 30.5 Å². The molecule has 1 aromatic heterocycles. The number of aromatic nitrogens is 2. The van der Waals surface area contributed by atoms with Crippen molar-refractivity contribution in [2.24, 2.45) is 0 Å². The van der Waals surface area contributed by atoms with Gasteiger partial charge in [-0.05, 0) is 39.3 Å². The number of aryl methyl sites for hydroxylation is 1. The zero-order valence-corrected chi connectivity index (χ0v) is 11.6. The molecule has 2 heterocycles. The van der Waals surface area contributed by atoms with Crippen LogP contribution in [0, 0.1) is 0 Å². The molecule has 1 atom stereocenters. The van der Waals surface area contributed by atoms with Gasteiger partial charge in [-0.3, -0.25) is 0 Å². The SMILES string of the molecule is CCc1nsc(N2CCCCC2CCNC)n1. The van der Waals surface area contributed by atoms with E-state index in [9.17, 15) is 0 Å². The van der Waals surface area contributed by atoms with E-state index in [1.807, 2.05) is 7.05 Å². The Balaban J connectivity index is 2.04. The molecular formula is C12H22N4S. The summed E-state index contributed by atoms with van der Waals surface area (Å²) < 4.78 is 4.40. The zero-order valence-electron chi connectivity index (χ0n) is 10.8. The molecule has 0 spiro atoms. The maximum absolute atomic E-state index is 4.62. The van der Waals surface area contributed by atoms with Gasteiger partial charge in [0.15, 0.2) is 0 Å². The van der Waals surface area contributed by atoms with Crippen LogP contribution in [0.1, 0.15) is 38.4 Å². The Kier molecular flexibility index (Phi) is 4.74. The molecule has 0 aromatic carbocycles. The van der Waals surface area contributed by atoms with Crippen LogP contribution in [0.3, 0.4) is 0 Å². The smallest absolute Gasteiger partial charge is 0.205 e. The second kappa shape index (κ2) is 6.31. The number of hydrogen-bond acceptors (Lipinski definition) is 5. The van der Waals surface area contributed by atoms with E-state index in [2.05, 4.69) is 26.5 Å². The Morgan fingerprint density at radius 1 is 1.47 bits per heavy atom. The highest BCUT2D eigenvalue weighted by Crippen LogP contribution is 2.27. The third kappa shape index (κ3) is 3.16. The van der Waals surface area contributed by atoms with Gasteiger partial charge >= 0.3 is 0 Å². The van der Waals surface area contributed by atoms with Crippen molar-refractivity contribution in [3.8, 4) is 0 Å². The molecule has 0 saturated carbocycles. The molecule has 1 aromatic rings. The van der Waals surface area contributed by atoms with Gasteiger partial charge in [-0.15, -0.1) is 0 Å². The fraction of sp³-hybridized carbons (Fsp3) is 0.833. The van der Waals surface area contributed by atoms with Crippen LogP contribution in [0.2, 0.25) is 0 Å². The second-order valence-electron chi connectivity index (χ2n) is 4.58. The summed E-state index contributed by atoms with van der Waals surface area (Å²) in [4.78, 5) is 7.09. The van der Waals surface area contributed by atoms with Gasteiger partial charge in [0.25, 0.3) is 0 Å². The van der Waals surface area contributed by atoms with Crippen LogP contribution < -0.4 is 10.2 Å². The molecule has 5 heteroatoms. The van der Waals surface area contributed by atoms with E-state index in [-0.39, 0.29) is 0 Å². The molecule has 0 bridgehead atoms. The summed E-state index contributed by atoms with van der Waals surface area (Å²) in [5.41, 5.74) is 0. The molecule has 2 rings (SSSR count). The molecule has 96 valence electrons. The molecule has 1 fully saturated rings. The summed E-state index contributed by atoms with van der Waals surface area (Å²) in [5, 5.41) is 4.37. The van der Waals surface area contributed by atoms with Crippen molar-refractivity contribution >= 4 is 16.7 Å². The van der Waals surface area contributed by atoms with Gasteiger partial charge in [-0.25, -0.2) is 4.98 Å².